The first-order valence-corrected chi connectivity index (χ1v) is 14.4. The van der Waals surface area contributed by atoms with Gasteiger partial charge in [-0.15, -0.1) is 0 Å². The number of alkyl halides is 4. The average Bonchev–Trinajstić information content (AvgIpc) is 3.45. The molecule has 15 heteroatoms. The number of pyridine rings is 1. The number of phenolic OH excluding ortho intramolecular Hbond substituents is 1. The van der Waals surface area contributed by atoms with Gasteiger partial charge in [-0.25, -0.2) is 8.78 Å². The van der Waals surface area contributed by atoms with E-state index in [-0.39, 0.29) is 29.1 Å². The second-order valence-electron chi connectivity index (χ2n) is 11.8. The lowest BCUT2D eigenvalue weighted by Crippen LogP contribution is -2.70. The highest BCUT2D eigenvalue weighted by Gasteiger charge is 2.49. The van der Waals surface area contributed by atoms with E-state index in [0.29, 0.717) is 51.6 Å². The Morgan fingerprint density at radius 1 is 1.21 bits per heavy atom. The quantitative estimate of drug-likeness (QED) is 0.401. The zero-order valence-corrected chi connectivity index (χ0v) is 23.6. The molecule has 0 amide bonds. The number of aromatic hydroxyl groups is 1. The zero-order valence-electron chi connectivity index (χ0n) is 22.9. The Bertz CT molecular complexity index is 1590. The second kappa shape index (κ2) is 10.2. The van der Waals surface area contributed by atoms with Gasteiger partial charge in [0.25, 0.3) is 0 Å². The molecule has 43 heavy (non-hydrogen) atoms. The Hall–Kier alpha value is -3.07. The normalized spacial score (nSPS) is 25.3. The summed E-state index contributed by atoms with van der Waals surface area (Å²) in [4.78, 5) is 17.0. The van der Waals surface area contributed by atoms with Crippen LogP contribution >= 0.6 is 11.6 Å². The van der Waals surface area contributed by atoms with Crippen LogP contribution in [0.25, 0.3) is 22.2 Å². The molecule has 9 nitrogen and oxygen atoms in total. The van der Waals surface area contributed by atoms with Crippen molar-refractivity contribution in [2.45, 2.75) is 42.7 Å². The van der Waals surface area contributed by atoms with Gasteiger partial charge >= 0.3 is 12.2 Å². The van der Waals surface area contributed by atoms with Crippen molar-refractivity contribution in [2.24, 2.45) is 0 Å². The minimum absolute atomic E-state index is 0.0810. The van der Waals surface area contributed by atoms with E-state index in [1.54, 1.807) is 0 Å². The molecule has 0 aliphatic carbocycles. The van der Waals surface area contributed by atoms with E-state index in [4.69, 9.17) is 21.1 Å². The van der Waals surface area contributed by atoms with Crippen molar-refractivity contribution in [3.8, 4) is 23.0 Å². The molecular weight excluding hydrogens is 599 g/mol. The van der Waals surface area contributed by atoms with Gasteiger partial charge in [0, 0.05) is 44.4 Å². The summed E-state index contributed by atoms with van der Waals surface area (Å²) in [5.41, 5.74) is -3.89. The Labute approximate surface area is 248 Å². The summed E-state index contributed by atoms with van der Waals surface area (Å²) in [5.74, 6) is -1.43. The topological polar surface area (TPSA) is 95.9 Å². The maximum Gasteiger partial charge on any atom is 0.418 e. The fourth-order valence-electron chi connectivity index (χ4n) is 6.91. The molecule has 4 fully saturated rings. The molecule has 2 N–H and O–H groups in total. The molecular formula is C28H28ClF5N6O3. The van der Waals surface area contributed by atoms with Crippen LogP contribution in [0.1, 0.15) is 24.8 Å². The van der Waals surface area contributed by atoms with Crippen molar-refractivity contribution in [1.29, 1.82) is 0 Å². The van der Waals surface area contributed by atoms with Crippen LogP contribution in [-0.4, -0.2) is 94.8 Å². The number of piperazine rings is 1. The van der Waals surface area contributed by atoms with Gasteiger partial charge in [0.2, 0.25) is 0 Å². The predicted octanol–water partition coefficient (Wildman–Crippen LogP) is 4.34. The highest BCUT2D eigenvalue weighted by Crippen LogP contribution is 2.45. The van der Waals surface area contributed by atoms with Crippen molar-refractivity contribution in [3.05, 3.63) is 34.7 Å². The zero-order chi connectivity index (χ0) is 30.1. The number of benzene rings is 1. The third kappa shape index (κ3) is 4.92. The highest BCUT2D eigenvalue weighted by molar-refractivity contribution is 6.32. The van der Waals surface area contributed by atoms with Gasteiger partial charge in [-0.2, -0.15) is 23.1 Å². The number of ether oxygens (including phenoxy) is 2. The lowest BCUT2D eigenvalue weighted by molar-refractivity contribution is -0.137. The second-order valence-corrected chi connectivity index (χ2v) is 12.3. The van der Waals surface area contributed by atoms with Gasteiger partial charge in [-0.3, -0.25) is 9.88 Å². The third-order valence-corrected chi connectivity index (χ3v) is 9.22. The first kappa shape index (κ1) is 28.7. The summed E-state index contributed by atoms with van der Waals surface area (Å²) in [6.07, 6.45) is -2.80. The number of fused-ring (bicyclic) bond motifs is 2. The molecule has 6 heterocycles. The average molecular weight is 627 g/mol. The van der Waals surface area contributed by atoms with Crippen LogP contribution in [-0.2, 0) is 10.9 Å². The summed E-state index contributed by atoms with van der Waals surface area (Å²) in [5, 5.41) is 12.9. The number of anilines is 1. The molecule has 2 atom stereocenters. The van der Waals surface area contributed by atoms with E-state index < -0.39 is 51.3 Å². The molecule has 1 spiro atoms. The van der Waals surface area contributed by atoms with E-state index in [2.05, 4.69) is 25.2 Å². The number of hydrogen-bond acceptors (Lipinski definition) is 9. The van der Waals surface area contributed by atoms with Gasteiger partial charge < -0.3 is 24.8 Å². The highest BCUT2D eigenvalue weighted by atomic mass is 35.5. The molecule has 3 aromatic rings. The first-order valence-electron chi connectivity index (χ1n) is 14.0. The van der Waals surface area contributed by atoms with Crippen molar-refractivity contribution in [3.63, 3.8) is 0 Å². The van der Waals surface area contributed by atoms with Gasteiger partial charge in [-0.1, -0.05) is 11.6 Å². The molecule has 4 saturated heterocycles. The molecule has 0 radical (unpaired) electrons. The summed E-state index contributed by atoms with van der Waals surface area (Å²) in [6.45, 7) is 3.67. The summed E-state index contributed by atoms with van der Waals surface area (Å²) < 4.78 is 84.3. The fraction of sp³-hybridized carbons (Fsp3) is 0.536. The maximum atomic E-state index is 16.3. The summed E-state index contributed by atoms with van der Waals surface area (Å²) in [6, 6.07) is 1.33. The molecule has 0 unspecified atom stereocenters. The monoisotopic (exact) mass is 626 g/mol. The molecule has 4 aliphatic rings. The van der Waals surface area contributed by atoms with Crippen molar-refractivity contribution in [1.82, 2.24) is 25.2 Å². The van der Waals surface area contributed by atoms with Gasteiger partial charge in [-0.05, 0) is 31.5 Å². The standard InChI is InChI=1S/C28H28ClF5N6O3/c29-19-7-16(41)6-17(20(19)28(32,33)34)22-21(31)23-18(9-35-22)24(39-5-3-36-26(11-39)12-42-13-26)38-25(37-23)43-14-27-2-1-4-40(27)10-15(30)8-27/h6-7,9,15,36,41H,1-5,8,10-14H2/t15-,27+/m1/s1. The fourth-order valence-corrected chi connectivity index (χ4v) is 7.23. The Morgan fingerprint density at radius 3 is 2.77 bits per heavy atom. The number of phenols is 1. The van der Waals surface area contributed by atoms with Crippen molar-refractivity contribution in [2.75, 3.05) is 57.4 Å². The number of nitrogens with one attached hydrogen (secondary N) is 1. The van der Waals surface area contributed by atoms with E-state index in [9.17, 15) is 22.7 Å². The molecule has 4 aliphatic heterocycles. The van der Waals surface area contributed by atoms with Crippen molar-refractivity contribution < 1.29 is 36.5 Å². The van der Waals surface area contributed by atoms with Crippen LogP contribution in [0.2, 0.25) is 5.02 Å². The Kier molecular flexibility index (Phi) is 6.84. The number of hydrogen-bond donors (Lipinski definition) is 2. The van der Waals surface area contributed by atoms with Gasteiger partial charge in [0.05, 0.1) is 40.3 Å². The van der Waals surface area contributed by atoms with Crippen LogP contribution < -0.4 is 15.0 Å². The number of nitrogens with zero attached hydrogens (tertiary/aromatic N) is 5. The molecule has 1 aromatic carbocycles. The maximum absolute atomic E-state index is 16.3. The van der Waals surface area contributed by atoms with Gasteiger partial charge in [0.15, 0.2) is 5.82 Å². The Balaban J connectivity index is 1.34. The van der Waals surface area contributed by atoms with E-state index in [1.165, 1.54) is 6.20 Å². The number of rotatable bonds is 5. The summed E-state index contributed by atoms with van der Waals surface area (Å²) >= 11 is 5.87. The van der Waals surface area contributed by atoms with E-state index in [1.807, 2.05) is 4.90 Å². The van der Waals surface area contributed by atoms with Crippen LogP contribution in [0.4, 0.5) is 27.8 Å². The van der Waals surface area contributed by atoms with Crippen LogP contribution in [0, 0.1) is 5.82 Å². The molecule has 0 bridgehead atoms. The minimum Gasteiger partial charge on any atom is -0.508 e. The number of halogens is 6. The smallest absolute Gasteiger partial charge is 0.418 e. The Morgan fingerprint density at radius 2 is 2.02 bits per heavy atom. The summed E-state index contributed by atoms with van der Waals surface area (Å²) in [7, 11) is 0. The van der Waals surface area contributed by atoms with Crippen molar-refractivity contribution >= 4 is 28.3 Å². The third-order valence-electron chi connectivity index (χ3n) is 8.92. The number of aromatic nitrogens is 3. The predicted molar refractivity (Wildman–Crippen MR) is 147 cm³/mol. The molecule has 2 aromatic heterocycles. The molecule has 0 saturated carbocycles. The van der Waals surface area contributed by atoms with Crippen LogP contribution in [0.3, 0.4) is 0 Å². The van der Waals surface area contributed by atoms with Crippen LogP contribution in [0.5, 0.6) is 11.8 Å². The lowest BCUT2D eigenvalue weighted by atomic mass is 9.94. The van der Waals surface area contributed by atoms with E-state index in [0.717, 1.165) is 31.5 Å². The minimum atomic E-state index is -4.96. The first-order chi connectivity index (χ1) is 20.5. The van der Waals surface area contributed by atoms with Gasteiger partial charge in [0.1, 0.15) is 35.6 Å². The van der Waals surface area contributed by atoms with Crippen LogP contribution in [0.15, 0.2) is 18.3 Å². The SMILES string of the molecule is Oc1cc(Cl)c(C(F)(F)F)c(-c2ncc3c(N4CCNC5(COC5)C4)nc(OC[C@@]45CCCN4C[C@H](F)C5)nc3c2F)c1. The molecule has 230 valence electrons. The molecule has 7 rings (SSSR count). The van der Waals surface area contributed by atoms with E-state index >= 15 is 4.39 Å². The largest absolute Gasteiger partial charge is 0.508 e. The lowest BCUT2D eigenvalue weighted by Gasteiger charge is -2.49.